The summed E-state index contributed by atoms with van der Waals surface area (Å²) in [6, 6.07) is 1.57. The fraction of sp³-hybridized carbons (Fsp3) is 0.556. The lowest BCUT2D eigenvalue weighted by Crippen LogP contribution is -2.51. The van der Waals surface area contributed by atoms with Crippen molar-refractivity contribution in [2.75, 3.05) is 12.3 Å². The first-order valence-corrected chi connectivity index (χ1v) is 5.24. The van der Waals surface area contributed by atoms with Gasteiger partial charge in [-0.25, -0.2) is 4.79 Å². The maximum absolute atomic E-state index is 11.7. The topological polar surface area (TPSA) is 168 Å². The van der Waals surface area contributed by atoms with Crippen molar-refractivity contribution in [1.82, 2.24) is 14.8 Å². The van der Waals surface area contributed by atoms with E-state index >= 15 is 0 Å². The van der Waals surface area contributed by atoms with Crippen LogP contribution in [-0.2, 0) is 10.5 Å². The molecular formula is C9H11N5O5. The van der Waals surface area contributed by atoms with Crippen LogP contribution in [0.3, 0.4) is 0 Å². The number of nitrogens with zero attached hydrogens (tertiary/aromatic N) is 4. The molecule has 0 unspecified atom stereocenters. The number of aliphatic hydroxyl groups excluding tert-OH is 3. The minimum atomic E-state index is -2.26. The lowest BCUT2D eigenvalue weighted by atomic mass is 10.0. The van der Waals surface area contributed by atoms with E-state index in [1.807, 2.05) is 0 Å². The molecule has 5 N–H and O–H groups in total. The fourth-order valence-corrected chi connectivity index (χ4v) is 1.85. The predicted molar refractivity (Wildman–Crippen MR) is 58.3 cm³/mol. The van der Waals surface area contributed by atoms with Crippen LogP contribution < -0.4 is 11.4 Å². The Morgan fingerprint density at radius 2 is 2.32 bits per heavy atom. The van der Waals surface area contributed by atoms with Crippen LogP contribution in [0.4, 0.5) is 5.82 Å². The third-order valence-electron chi connectivity index (χ3n) is 2.80. The zero-order valence-electron chi connectivity index (χ0n) is 9.54. The van der Waals surface area contributed by atoms with E-state index in [0.29, 0.717) is 4.68 Å². The maximum Gasteiger partial charge on any atom is 0.369 e. The molecule has 1 aromatic heterocycles. The highest BCUT2D eigenvalue weighted by Gasteiger charge is 2.57. The summed E-state index contributed by atoms with van der Waals surface area (Å²) >= 11 is 0. The van der Waals surface area contributed by atoms with Crippen LogP contribution in [-0.4, -0.2) is 55.0 Å². The van der Waals surface area contributed by atoms with Crippen LogP contribution in [0.15, 0.2) is 11.0 Å². The molecule has 1 aliphatic rings. The fourth-order valence-electron chi connectivity index (χ4n) is 1.85. The Kier molecular flexibility index (Phi) is 3.21. The molecule has 1 fully saturated rings. The van der Waals surface area contributed by atoms with Crippen molar-refractivity contribution in [2.24, 2.45) is 0 Å². The molecule has 0 spiro atoms. The summed E-state index contributed by atoms with van der Waals surface area (Å²) in [6.45, 7) is -0.640. The first kappa shape index (κ1) is 13.4. The molecule has 102 valence electrons. The zero-order valence-corrected chi connectivity index (χ0v) is 9.54. The molecule has 0 aromatic carbocycles. The van der Waals surface area contributed by atoms with Gasteiger partial charge in [0.2, 0.25) is 0 Å². The van der Waals surface area contributed by atoms with Gasteiger partial charge in [-0.1, -0.05) is 0 Å². The summed E-state index contributed by atoms with van der Waals surface area (Å²) in [6.07, 6.45) is -3.54. The Hall–Kier alpha value is -2.06. The predicted octanol–water partition coefficient (Wildman–Crippen LogP) is -3.49. The molecule has 2 heterocycles. The molecule has 0 aliphatic carbocycles. The van der Waals surface area contributed by atoms with Gasteiger partial charge in [0, 0.05) is 0 Å². The van der Waals surface area contributed by atoms with Crippen molar-refractivity contribution in [3.63, 3.8) is 0 Å². The van der Waals surface area contributed by atoms with E-state index in [2.05, 4.69) is 10.1 Å². The van der Waals surface area contributed by atoms with E-state index in [0.717, 1.165) is 6.20 Å². The number of aromatic nitrogens is 3. The lowest BCUT2D eigenvalue weighted by molar-refractivity contribution is -0.116. The molecule has 0 bridgehead atoms. The number of nitrogen functional groups attached to an aromatic ring is 1. The standard InChI is InChI=1S/C9H11N5O5/c10-3-9(7(17)6(16)4(2-15)19-9)14-8(18)13-5(11)1-12-14/h1,4,6-7,15-17H,2H2,(H2,11,13,18)/t4-,6-,7-,9-/m1/s1. The van der Waals surface area contributed by atoms with Gasteiger partial charge in [0.25, 0.3) is 5.72 Å². The lowest BCUT2D eigenvalue weighted by Gasteiger charge is -2.24. The third-order valence-corrected chi connectivity index (χ3v) is 2.80. The molecular weight excluding hydrogens is 258 g/mol. The number of rotatable bonds is 2. The first-order valence-electron chi connectivity index (χ1n) is 5.24. The Labute approximate surface area is 106 Å². The molecule has 10 nitrogen and oxygen atoms in total. The monoisotopic (exact) mass is 269 g/mol. The SMILES string of the molecule is N#C[C@@]1(n2ncc(N)nc2=O)O[C@H](CO)[C@@H](O)[C@H]1O. The van der Waals surface area contributed by atoms with E-state index in [4.69, 9.17) is 15.6 Å². The quantitative estimate of drug-likeness (QED) is 0.425. The van der Waals surface area contributed by atoms with E-state index in [-0.39, 0.29) is 5.82 Å². The van der Waals surface area contributed by atoms with Crippen molar-refractivity contribution in [3.8, 4) is 6.07 Å². The van der Waals surface area contributed by atoms with E-state index in [1.54, 1.807) is 6.07 Å². The Bertz CT molecular complexity index is 583. The molecule has 0 saturated carbocycles. The smallest absolute Gasteiger partial charge is 0.369 e. The van der Waals surface area contributed by atoms with Crippen molar-refractivity contribution in [2.45, 2.75) is 24.0 Å². The second kappa shape index (κ2) is 4.56. The van der Waals surface area contributed by atoms with Crippen LogP contribution in [0, 0.1) is 11.3 Å². The van der Waals surface area contributed by atoms with Gasteiger partial charge in [-0.05, 0) is 0 Å². The zero-order chi connectivity index (χ0) is 14.2. The van der Waals surface area contributed by atoms with Crippen LogP contribution in [0.5, 0.6) is 0 Å². The molecule has 19 heavy (non-hydrogen) atoms. The summed E-state index contributed by atoms with van der Waals surface area (Å²) in [7, 11) is 0. The molecule has 2 rings (SSSR count). The Morgan fingerprint density at radius 3 is 2.79 bits per heavy atom. The Balaban J connectivity index is 2.56. The molecule has 1 saturated heterocycles. The van der Waals surface area contributed by atoms with Crippen molar-refractivity contribution in [1.29, 1.82) is 5.26 Å². The number of ether oxygens (including phenoxy) is 1. The average molecular weight is 269 g/mol. The number of anilines is 1. The van der Waals surface area contributed by atoms with Crippen LogP contribution in [0.1, 0.15) is 0 Å². The number of nitrogens with two attached hydrogens (primary N) is 1. The van der Waals surface area contributed by atoms with Crippen LogP contribution in [0.25, 0.3) is 0 Å². The summed E-state index contributed by atoms with van der Waals surface area (Å²) < 4.78 is 5.57. The molecule has 10 heteroatoms. The summed E-state index contributed by atoms with van der Waals surface area (Å²) in [5.74, 6) is -0.166. The second-order valence-corrected chi connectivity index (χ2v) is 3.96. The summed E-state index contributed by atoms with van der Waals surface area (Å²) in [5.41, 5.74) is 1.98. The molecule has 0 amide bonds. The summed E-state index contributed by atoms with van der Waals surface area (Å²) in [4.78, 5) is 15.0. The number of hydrogen-bond acceptors (Lipinski definition) is 9. The van der Waals surface area contributed by atoms with Gasteiger partial charge >= 0.3 is 5.69 Å². The van der Waals surface area contributed by atoms with Gasteiger partial charge in [-0.3, -0.25) is 0 Å². The minimum Gasteiger partial charge on any atom is -0.394 e. The van der Waals surface area contributed by atoms with Crippen molar-refractivity contribution >= 4 is 5.82 Å². The minimum absolute atomic E-state index is 0.166. The van der Waals surface area contributed by atoms with Crippen LogP contribution >= 0.6 is 0 Å². The molecule has 4 atom stereocenters. The van der Waals surface area contributed by atoms with Gasteiger partial charge in [-0.15, -0.1) is 0 Å². The van der Waals surface area contributed by atoms with Crippen LogP contribution in [0.2, 0.25) is 0 Å². The first-order chi connectivity index (χ1) is 8.96. The highest BCUT2D eigenvalue weighted by Crippen LogP contribution is 2.33. The highest BCUT2D eigenvalue weighted by molar-refractivity contribution is 5.21. The normalized spacial score (nSPS) is 34.1. The highest BCUT2D eigenvalue weighted by atomic mass is 16.6. The maximum atomic E-state index is 11.7. The van der Waals surface area contributed by atoms with Gasteiger partial charge in [0.05, 0.1) is 12.8 Å². The van der Waals surface area contributed by atoms with Gasteiger partial charge in [0.1, 0.15) is 30.2 Å². The van der Waals surface area contributed by atoms with E-state index < -0.39 is 36.3 Å². The van der Waals surface area contributed by atoms with Crippen molar-refractivity contribution in [3.05, 3.63) is 16.7 Å². The largest absolute Gasteiger partial charge is 0.394 e. The Morgan fingerprint density at radius 1 is 1.63 bits per heavy atom. The second-order valence-electron chi connectivity index (χ2n) is 3.96. The summed E-state index contributed by atoms with van der Waals surface area (Å²) in [5, 5.41) is 41.3. The average Bonchev–Trinajstić information content (AvgIpc) is 2.64. The van der Waals surface area contributed by atoms with E-state index in [1.165, 1.54) is 0 Å². The van der Waals surface area contributed by atoms with Gasteiger partial charge < -0.3 is 25.8 Å². The third kappa shape index (κ3) is 1.85. The van der Waals surface area contributed by atoms with Gasteiger partial charge in [0.15, 0.2) is 0 Å². The molecule has 1 aromatic rings. The van der Waals surface area contributed by atoms with Gasteiger partial charge in [-0.2, -0.15) is 20.0 Å². The molecule has 0 radical (unpaired) electrons. The molecule has 1 aliphatic heterocycles. The number of hydrogen-bond donors (Lipinski definition) is 4. The van der Waals surface area contributed by atoms with E-state index in [9.17, 15) is 20.3 Å². The van der Waals surface area contributed by atoms with Crippen molar-refractivity contribution < 1.29 is 20.1 Å². The number of nitriles is 1. The number of aliphatic hydroxyl groups is 3.